The van der Waals surface area contributed by atoms with E-state index >= 15 is 0 Å². The molecule has 0 unspecified atom stereocenters. The first-order valence-corrected chi connectivity index (χ1v) is 6.37. The van der Waals surface area contributed by atoms with Crippen molar-refractivity contribution < 1.29 is 9.90 Å². The first-order chi connectivity index (χ1) is 8.50. The monoisotopic (exact) mass is 248 g/mol. The van der Waals surface area contributed by atoms with Gasteiger partial charge in [-0.3, -0.25) is 0 Å². The predicted molar refractivity (Wildman–Crippen MR) is 72.9 cm³/mol. The third-order valence-electron chi connectivity index (χ3n) is 3.79. The summed E-state index contributed by atoms with van der Waals surface area (Å²) in [6, 6.07) is 4.87. The van der Waals surface area contributed by atoms with Crippen LogP contribution in [0.2, 0.25) is 0 Å². The van der Waals surface area contributed by atoms with Crippen molar-refractivity contribution >= 4 is 17.3 Å². The van der Waals surface area contributed by atoms with Crippen molar-refractivity contribution in [2.45, 2.75) is 32.6 Å². The molecule has 0 amide bonds. The van der Waals surface area contributed by atoms with Crippen molar-refractivity contribution in [1.82, 2.24) is 0 Å². The summed E-state index contributed by atoms with van der Waals surface area (Å²) in [5, 5.41) is 12.4. The van der Waals surface area contributed by atoms with Crippen LogP contribution in [0.1, 0.15) is 43.0 Å². The minimum absolute atomic E-state index is 0.278. The number of rotatable bonds is 4. The number of benzene rings is 1. The first-order valence-electron chi connectivity index (χ1n) is 6.37. The number of anilines is 2. The molecule has 0 heterocycles. The minimum atomic E-state index is -0.922. The molecule has 1 saturated carbocycles. The van der Waals surface area contributed by atoms with Crippen LogP contribution in [0.3, 0.4) is 0 Å². The highest BCUT2D eigenvalue weighted by molar-refractivity contribution is 5.95. The number of hydrogen-bond acceptors (Lipinski definition) is 3. The summed E-state index contributed by atoms with van der Waals surface area (Å²) in [6.45, 7) is 3.05. The Hall–Kier alpha value is -1.71. The first kappa shape index (κ1) is 12.7. The number of nitrogen functional groups attached to an aromatic ring is 1. The molecule has 1 aliphatic rings. The zero-order valence-corrected chi connectivity index (χ0v) is 10.7. The largest absolute Gasteiger partial charge is 0.478 e. The SMILES string of the molecule is CC1(CNc2cc(N)ccc2C(=O)O)CCCC1. The summed E-state index contributed by atoms with van der Waals surface area (Å²) >= 11 is 0. The van der Waals surface area contributed by atoms with Crippen LogP contribution in [0.5, 0.6) is 0 Å². The Kier molecular flexibility index (Phi) is 3.45. The van der Waals surface area contributed by atoms with Crippen molar-refractivity contribution in [3.63, 3.8) is 0 Å². The minimum Gasteiger partial charge on any atom is -0.478 e. The van der Waals surface area contributed by atoms with Gasteiger partial charge in [-0.05, 0) is 36.5 Å². The normalized spacial score (nSPS) is 17.6. The zero-order valence-electron chi connectivity index (χ0n) is 10.7. The van der Waals surface area contributed by atoms with Crippen LogP contribution in [-0.2, 0) is 0 Å². The van der Waals surface area contributed by atoms with Crippen LogP contribution in [0.4, 0.5) is 11.4 Å². The van der Waals surface area contributed by atoms with Gasteiger partial charge in [-0.15, -0.1) is 0 Å². The van der Waals surface area contributed by atoms with E-state index in [0.717, 1.165) is 6.54 Å². The summed E-state index contributed by atoms with van der Waals surface area (Å²) in [5.74, 6) is -0.922. The van der Waals surface area contributed by atoms with Crippen molar-refractivity contribution in [3.05, 3.63) is 23.8 Å². The number of carboxylic acid groups (broad SMARTS) is 1. The summed E-state index contributed by atoms with van der Waals surface area (Å²) in [4.78, 5) is 11.1. The van der Waals surface area contributed by atoms with Gasteiger partial charge >= 0.3 is 5.97 Å². The molecule has 0 saturated heterocycles. The van der Waals surface area contributed by atoms with Crippen LogP contribution >= 0.6 is 0 Å². The standard InChI is InChI=1S/C14H20N2O2/c1-14(6-2-3-7-14)9-16-12-8-10(15)4-5-11(12)13(17)18/h4-5,8,16H,2-3,6-7,9,15H2,1H3,(H,17,18). The van der Waals surface area contributed by atoms with Gasteiger partial charge < -0.3 is 16.2 Å². The van der Waals surface area contributed by atoms with Gasteiger partial charge in [0.25, 0.3) is 0 Å². The summed E-state index contributed by atoms with van der Waals surface area (Å²) in [5.41, 5.74) is 7.48. The van der Waals surface area contributed by atoms with Crippen LogP contribution in [0.15, 0.2) is 18.2 Å². The molecule has 0 atom stereocenters. The summed E-state index contributed by atoms with van der Waals surface area (Å²) in [7, 11) is 0. The maximum absolute atomic E-state index is 11.1. The van der Waals surface area contributed by atoms with Gasteiger partial charge in [0.05, 0.1) is 11.3 Å². The van der Waals surface area contributed by atoms with Gasteiger partial charge in [-0.1, -0.05) is 19.8 Å². The number of hydrogen-bond donors (Lipinski definition) is 3. The fourth-order valence-corrected chi connectivity index (χ4v) is 2.61. The van der Waals surface area contributed by atoms with E-state index in [2.05, 4.69) is 12.2 Å². The molecule has 1 aromatic carbocycles. The predicted octanol–water partition coefficient (Wildman–Crippen LogP) is 2.96. The molecule has 4 N–H and O–H groups in total. The van der Waals surface area contributed by atoms with Crippen molar-refractivity contribution in [3.8, 4) is 0 Å². The molecule has 1 aliphatic carbocycles. The van der Waals surface area contributed by atoms with Gasteiger partial charge in [-0.25, -0.2) is 4.79 Å². The van der Waals surface area contributed by atoms with Crippen molar-refractivity contribution in [2.75, 3.05) is 17.6 Å². The topological polar surface area (TPSA) is 75.3 Å². The van der Waals surface area contributed by atoms with E-state index in [0.29, 0.717) is 11.4 Å². The molecular weight excluding hydrogens is 228 g/mol. The summed E-state index contributed by atoms with van der Waals surface area (Å²) < 4.78 is 0. The van der Waals surface area contributed by atoms with E-state index in [9.17, 15) is 4.79 Å². The molecule has 0 aliphatic heterocycles. The van der Waals surface area contributed by atoms with E-state index in [1.54, 1.807) is 18.2 Å². The van der Waals surface area contributed by atoms with Gasteiger partial charge in [0.2, 0.25) is 0 Å². The van der Waals surface area contributed by atoms with Gasteiger partial charge in [0.15, 0.2) is 0 Å². The van der Waals surface area contributed by atoms with E-state index < -0.39 is 5.97 Å². The van der Waals surface area contributed by atoms with Crippen LogP contribution in [0.25, 0.3) is 0 Å². The Balaban J connectivity index is 2.12. The van der Waals surface area contributed by atoms with Crippen molar-refractivity contribution in [2.24, 2.45) is 5.41 Å². The molecule has 98 valence electrons. The van der Waals surface area contributed by atoms with E-state index in [1.807, 2.05) is 0 Å². The van der Waals surface area contributed by atoms with Gasteiger partial charge in [0.1, 0.15) is 0 Å². The molecule has 1 aromatic rings. The Morgan fingerprint density at radius 3 is 2.72 bits per heavy atom. The zero-order chi connectivity index (χ0) is 13.2. The molecule has 0 spiro atoms. The Morgan fingerprint density at radius 2 is 2.11 bits per heavy atom. The number of aromatic carboxylic acids is 1. The molecule has 0 aromatic heterocycles. The molecule has 2 rings (SSSR count). The lowest BCUT2D eigenvalue weighted by Crippen LogP contribution is -2.23. The highest BCUT2D eigenvalue weighted by Crippen LogP contribution is 2.37. The molecule has 4 heteroatoms. The van der Waals surface area contributed by atoms with Crippen molar-refractivity contribution in [1.29, 1.82) is 0 Å². The van der Waals surface area contributed by atoms with Crippen LogP contribution in [-0.4, -0.2) is 17.6 Å². The second-order valence-corrected chi connectivity index (χ2v) is 5.48. The van der Waals surface area contributed by atoms with Crippen LogP contribution < -0.4 is 11.1 Å². The maximum Gasteiger partial charge on any atom is 0.337 e. The number of nitrogens with one attached hydrogen (secondary N) is 1. The number of nitrogens with two attached hydrogens (primary N) is 1. The van der Waals surface area contributed by atoms with E-state index in [1.165, 1.54) is 25.7 Å². The summed E-state index contributed by atoms with van der Waals surface area (Å²) in [6.07, 6.45) is 4.93. The smallest absolute Gasteiger partial charge is 0.337 e. The number of carbonyl (C=O) groups is 1. The second kappa shape index (κ2) is 4.88. The molecule has 0 radical (unpaired) electrons. The molecule has 18 heavy (non-hydrogen) atoms. The fourth-order valence-electron chi connectivity index (χ4n) is 2.61. The van der Waals surface area contributed by atoms with Gasteiger partial charge in [0, 0.05) is 12.2 Å². The highest BCUT2D eigenvalue weighted by atomic mass is 16.4. The molecule has 0 bridgehead atoms. The van der Waals surface area contributed by atoms with E-state index in [-0.39, 0.29) is 11.0 Å². The lowest BCUT2D eigenvalue weighted by Gasteiger charge is -2.25. The third kappa shape index (κ3) is 2.75. The Bertz CT molecular complexity index is 451. The average Bonchev–Trinajstić information content (AvgIpc) is 2.74. The average molecular weight is 248 g/mol. The fraction of sp³-hybridized carbons (Fsp3) is 0.500. The van der Waals surface area contributed by atoms with E-state index in [4.69, 9.17) is 10.8 Å². The Morgan fingerprint density at radius 1 is 1.44 bits per heavy atom. The molecule has 4 nitrogen and oxygen atoms in total. The van der Waals surface area contributed by atoms with Crippen LogP contribution in [0, 0.1) is 5.41 Å². The quantitative estimate of drug-likeness (QED) is 0.716. The number of carboxylic acids is 1. The Labute approximate surface area is 107 Å². The second-order valence-electron chi connectivity index (χ2n) is 5.48. The lowest BCUT2D eigenvalue weighted by atomic mass is 9.89. The molecule has 1 fully saturated rings. The molecular formula is C14H20N2O2. The lowest BCUT2D eigenvalue weighted by molar-refractivity contribution is 0.0698. The third-order valence-corrected chi connectivity index (χ3v) is 3.79. The highest BCUT2D eigenvalue weighted by Gasteiger charge is 2.28. The maximum atomic E-state index is 11.1. The van der Waals surface area contributed by atoms with Gasteiger partial charge in [-0.2, -0.15) is 0 Å².